The number of anilines is 1. The monoisotopic (exact) mass is 331 g/mol. The summed E-state index contributed by atoms with van der Waals surface area (Å²) in [5.74, 6) is -0.882. The highest BCUT2D eigenvalue weighted by Gasteiger charge is 2.23. The summed E-state index contributed by atoms with van der Waals surface area (Å²) in [5, 5.41) is 13.2. The van der Waals surface area contributed by atoms with E-state index in [-0.39, 0.29) is 23.0 Å². The van der Waals surface area contributed by atoms with Gasteiger partial charge in [0, 0.05) is 30.9 Å². The second kappa shape index (κ2) is 7.36. The van der Waals surface area contributed by atoms with Crippen LogP contribution in [0, 0.1) is 10.1 Å². The lowest BCUT2D eigenvalue weighted by Gasteiger charge is -2.18. The van der Waals surface area contributed by atoms with Crippen LogP contribution >= 0.6 is 0 Å². The molecule has 9 nitrogen and oxygen atoms in total. The van der Waals surface area contributed by atoms with E-state index >= 15 is 0 Å². The molecule has 0 spiro atoms. The summed E-state index contributed by atoms with van der Waals surface area (Å²) >= 11 is 0. The Morgan fingerprint density at radius 2 is 1.88 bits per heavy atom. The van der Waals surface area contributed by atoms with Crippen LogP contribution in [0.25, 0.3) is 0 Å². The van der Waals surface area contributed by atoms with E-state index in [1.165, 1.54) is 30.6 Å². The molecule has 2 amide bonds. The van der Waals surface area contributed by atoms with E-state index in [1.54, 1.807) is 4.90 Å². The number of nitrogens with zero attached hydrogens (tertiary/aromatic N) is 3. The highest BCUT2D eigenvalue weighted by atomic mass is 16.6. The second-order valence-corrected chi connectivity index (χ2v) is 4.86. The number of rotatable bonds is 6. The average molecular weight is 331 g/mol. The van der Waals surface area contributed by atoms with Crippen molar-refractivity contribution >= 4 is 23.2 Å². The summed E-state index contributed by atoms with van der Waals surface area (Å²) in [6, 6.07) is 5.38. The third-order valence-corrected chi connectivity index (χ3v) is 3.45. The minimum absolute atomic E-state index is 0.0229. The quantitative estimate of drug-likeness (QED) is 0.620. The molecule has 24 heavy (non-hydrogen) atoms. The van der Waals surface area contributed by atoms with Crippen molar-refractivity contribution in [1.29, 1.82) is 0 Å². The number of carbonyl (C=O) groups is 2. The van der Waals surface area contributed by atoms with Gasteiger partial charge in [-0.3, -0.25) is 19.7 Å². The number of carbonyl (C=O) groups excluding carboxylic acids is 2. The van der Waals surface area contributed by atoms with Crippen LogP contribution in [0.4, 0.5) is 11.4 Å². The standard InChI is InChI=1S/C15H17N5O4/c1-3-19(4-2)15(22)13-12(16-9-17-13)14(21)18-10-5-7-11(8-6-10)20(23)24/h5-9H,3-4H2,1-2H3,(H,16,17)(H,18,21). The molecule has 0 aliphatic carbocycles. The summed E-state index contributed by atoms with van der Waals surface area (Å²) in [5.41, 5.74) is 0.378. The number of nitro benzene ring substituents is 1. The molecule has 1 heterocycles. The number of aromatic amines is 1. The summed E-state index contributed by atoms with van der Waals surface area (Å²) in [7, 11) is 0. The first-order valence-corrected chi connectivity index (χ1v) is 7.36. The normalized spacial score (nSPS) is 10.2. The molecule has 0 saturated heterocycles. The van der Waals surface area contributed by atoms with Crippen LogP contribution in [-0.4, -0.2) is 44.7 Å². The molecule has 0 aliphatic rings. The summed E-state index contributed by atoms with van der Waals surface area (Å²) in [6.45, 7) is 4.71. The minimum atomic E-state index is -0.569. The van der Waals surface area contributed by atoms with E-state index in [2.05, 4.69) is 15.3 Å². The van der Waals surface area contributed by atoms with Crippen LogP contribution in [0.1, 0.15) is 34.8 Å². The van der Waals surface area contributed by atoms with Crippen molar-refractivity contribution in [3.05, 3.63) is 52.1 Å². The molecule has 126 valence electrons. The second-order valence-electron chi connectivity index (χ2n) is 4.86. The van der Waals surface area contributed by atoms with E-state index < -0.39 is 10.8 Å². The molecule has 2 N–H and O–H groups in total. The van der Waals surface area contributed by atoms with Gasteiger partial charge in [0.2, 0.25) is 0 Å². The third-order valence-electron chi connectivity index (χ3n) is 3.45. The molecule has 0 aliphatic heterocycles. The zero-order chi connectivity index (χ0) is 17.7. The van der Waals surface area contributed by atoms with E-state index in [0.29, 0.717) is 18.8 Å². The number of benzene rings is 1. The lowest BCUT2D eigenvalue weighted by atomic mass is 10.2. The smallest absolute Gasteiger partial charge is 0.276 e. The van der Waals surface area contributed by atoms with Gasteiger partial charge in [0.05, 0.1) is 11.3 Å². The Balaban J connectivity index is 2.18. The van der Waals surface area contributed by atoms with Gasteiger partial charge in [-0.25, -0.2) is 4.98 Å². The largest absolute Gasteiger partial charge is 0.340 e. The maximum absolute atomic E-state index is 12.4. The number of non-ortho nitro benzene ring substituents is 1. The predicted octanol–water partition coefficient (Wildman–Crippen LogP) is 2.05. The fraction of sp³-hybridized carbons (Fsp3) is 0.267. The van der Waals surface area contributed by atoms with E-state index in [9.17, 15) is 19.7 Å². The average Bonchev–Trinajstić information content (AvgIpc) is 3.06. The molecule has 0 bridgehead atoms. The van der Waals surface area contributed by atoms with Gasteiger partial charge in [0.25, 0.3) is 17.5 Å². The first kappa shape index (κ1) is 17.1. The van der Waals surface area contributed by atoms with Crippen molar-refractivity contribution in [3.8, 4) is 0 Å². The Kier molecular flexibility index (Phi) is 5.25. The molecule has 0 atom stereocenters. The number of nitrogens with one attached hydrogen (secondary N) is 2. The lowest BCUT2D eigenvalue weighted by molar-refractivity contribution is -0.384. The first-order chi connectivity index (χ1) is 11.5. The van der Waals surface area contributed by atoms with Crippen molar-refractivity contribution in [1.82, 2.24) is 14.9 Å². The van der Waals surface area contributed by atoms with Gasteiger partial charge in [-0.15, -0.1) is 0 Å². The zero-order valence-electron chi connectivity index (χ0n) is 13.3. The molecule has 0 saturated carbocycles. The summed E-state index contributed by atoms with van der Waals surface area (Å²) in [4.78, 5) is 42.9. The van der Waals surface area contributed by atoms with E-state index in [0.717, 1.165) is 0 Å². The van der Waals surface area contributed by atoms with Gasteiger partial charge in [0.15, 0.2) is 5.69 Å². The highest BCUT2D eigenvalue weighted by molar-refractivity contribution is 6.10. The number of imidazole rings is 1. The fourth-order valence-electron chi connectivity index (χ4n) is 2.16. The van der Waals surface area contributed by atoms with Crippen LogP contribution in [0.5, 0.6) is 0 Å². The molecule has 0 fully saturated rings. The third kappa shape index (κ3) is 3.57. The molecule has 1 aromatic heterocycles. The maximum Gasteiger partial charge on any atom is 0.276 e. The van der Waals surface area contributed by atoms with Gasteiger partial charge < -0.3 is 15.2 Å². The SMILES string of the molecule is CCN(CC)C(=O)c1[nH]cnc1C(=O)Nc1ccc([N+](=O)[O-])cc1. The van der Waals surface area contributed by atoms with E-state index in [4.69, 9.17) is 0 Å². The lowest BCUT2D eigenvalue weighted by Crippen LogP contribution is -2.32. The van der Waals surface area contributed by atoms with Crippen molar-refractivity contribution in [3.63, 3.8) is 0 Å². The number of hydrogen-bond acceptors (Lipinski definition) is 5. The predicted molar refractivity (Wildman–Crippen MR) is 86.9 cm³/mol. The van der Waals surface area contributed by atoms with Crippen LogP contribution < -0.4 is 5.32 Å². The Labute approximate surface area is 137 Å². The van der Waals surface area contributed by atoms with Crippen molar-refractivity contribution in [2.24, 2.45) is 0 Å². The van der Waals surface area contributed by atoms with Crippen LogP contribution in [-0.2, 0) is 0 Å². The van der Waals surface area contributed by atoms with Gasteiger partial charge in [0.1, 0.15) is 5.69 Å². The molecule has 0 radical (unpaired) electrons. The number of aromatic nitrogens is 2. The highest BCUT2D eigenvalue weighted by Crippen LogP contribution is 2.17. The first-order valence-electron chi connectivity index (χ1n) is 7.36. The van der Waals surface area contributed by atoms with Gasteiger partial charge in [-0.2, -0.15) is 0 Å². The van der Waals surface area contributed by atoms with Gasteiger partial charge in [-0.05, 0) is 26.0 Å². The van der Waals surface area contributed by atoms with Crippen LogP contribution in [0.15, 0.2) is 30.6 Å². The molecule has 1 aromatic carbocycles. The Morgan fingerprint density at radius 1 is 1.25 bits per heavy atom. The molecule has 0 unspecified atom stereocenters. The van der Waals surface area contributed by atoms with Gasteiger partial charge >= 0.3 is 0 Å². The molecule has 2 rings (SSSR count). The molecule has 2 aromatic rings. The van der Waals surface area contributed by atoms with Crippen LogP contribution in [0.3, 0.4) is 0 Å². The number of H-pyrrole nitrogens is 1. The Morgan fingerprint density at radius 3 is 2.42 bits per heavy atom. The maximum atomic E-state index is 12.4. The fourth-order valence-corrected chi connectivity index (χ4v) is 2.16. The Bertz CT molecular complexity index is 749. The van der Waals surface area contributed by atoms with Crippen molar-refractivity contribution < 1.29 is 14.5 Å². The number of nitro groups is 1. The Hall–Kier alpha value is -3.23. The summed E-state index contributed by atoms with van der Waals surface area (Å²) in [6.07, 6.45) is 1.28. The number of amides is 2. The molecular weight excluding hydrogens is 314 g/mol. The van der Waals surface area contributed by atoms with Crippen LogP contribution in [0.2, 0.25) is 0 Å². The van der Waals surface area contributed by atoms with Crippen molar-refractivity contribution in [2.45, 2.75) is 13.8 Å². The zero-order valence-corrected chi connectivity index (χ0v) is 13.3. The van der Waals surface area contributed by atoms with Crippen molar-refractivity contribution in [2.75, 3.05) is 18.4 Å². The molecular formula is C15H17N5O4. The summed E-state index contributed by atoms with van der Waals surface area (Å²) < 4.78 is 0. The topological polar surface area (TPSA) is 121 Å². The van der Waals surface area contributed by atoms with Gasteiger partial charge in [-0.1, -0.05) is 0 Å². The van der Waals surface area contributed by atoms with E-state index in [1.807, 2.05) is 13.8 Å². The minimum Gasteiger partial charge on any atom is -0.340 e. The molecule has 9 heteroatoms. The number of hydrogen-bond donors (Lipinski definition) is 2.